The molecule has 0 radical (unpaired) electrons. The van der Waals surface area contributed by atoms with Crippen LogP contribution in [-0.2, 0) is 6.54 Å². The second-order valence-electron chi connectivity index (χ2n) is 3.91. The van der Waals surface area contributed by atoms with Crippen LogP contribution in [0.1, 0.15) is 12.0 Å². The van der Waals surface area contributed by atoms with Crippen molar-refractivity contribution in [1.82, 2.24) is 4.90 Å². The van der Waals surface area contributed by atoms with Gasteiger partial charge in [-0.15, -0.1) is 24.8 Å². The summed E-state index contributed by atoms with van der Waals surface area (Å²) < 4.78 is 12.9. The lowest BCUT2D eigenvalue weighted by atomic mass is 10.2. The Morgan fingerprint density at radius 1 is 1.38 bits per heavy atom. The smallest absolute Gasteiger partial charge is 0.123 e. The Labute approximate surface area is 108 Å². The van der Waals surface area contributed by atoms with Gasteiger partial charge in [-0.3, -0.25) is 4.90 Å². The lowest BCUT2D eigenvalue weighted by Crippen LogP contribution is -2.26. The minimum Gasteiger partial charge on any atom is -0.326 e. The molecule has 0 aliphatic carbocycles. The molecule has 1 unspecified atom stereocenters. The number of hydrogen-bond acceptors (Lipinski definition) is 2. The molecule has 0 aromatic heterocycles. The standard InChI is InChI=1S/C11H15FN2.2ClH/c12-10-3-1-2-9(6-10)7-14-5-4-11(13)8-14;;/h1-3,6,11H,4-5,7-8,13H2;2*1H. The normalized spacial score (nSPS) is 20.0. The Morgan fingerprint density at radius 3 is 2.69 bits per heavy atom. The van der Waals surface area contributed by atoms with E-state index >= 15 is 0 Å². The van der Waals surface area contributed by atoms with Gasteiger partial charge in [0.1, 0.15) is 5.82 Å². The highest BCUT2D eigenvalue weighted by molar-refractivity contribution is 5.85. The Balaban J connectivity index is 0.00000112. The van der Waals surface area contributed by atoms with E-state index in [1.165, 1.54) is 6.07 Å². The summed E-state index contributed by atoms with van der Waals surface area (Å²) in [6.45, 7) is 2.76. The van der Waals surface area contributed by atoms with Gasteiger partial charge in [-0.2, -0.15) is 0 Å². The van der Waals surface area contributed by atoms with Crippen LogP contribution in [0.25, 0.3) is 0 Å². The van der Waals surface area contributed by atoms with Crippen LogP contribution in [0.3, 0.4) is 0 Å². The number of benzene rings is 1. The van der Waals surface area contributed by atoms with Gasteiger partial charge in [-0.1, -0.05) is 12.1 Å². The summed E-state index contributed by atoms with van der Waals surface area (Å²) in [6, 6.07) is 7.06. The summed E-state index contributed by atoms with van der Waals surface area (Å²) >= 11 is 0. The highest BCUT2D eigenvalue weighted by atomic mass is 35.5. The topological polar surface area (TPSA) is 29.3 Å². The van der Waals surface area contributed by atoms with Crippen molar-refractivity contribution in [1.29, 1.82) is 0 Å². The minimum absolute atomic E-state index is 0. The van der Waals surface area contributed by atoms with E-state index in [2.05, 4.69) is 4.90 Å². The van der Waals surface area contributed by atoms with Crippen LogP contribution in [-0.4, -0.2) is 24.0 Å². The van der Waals surface area contributed by atoms with Crippen LogP contribution >= 0.6 is 24.8 Å². The number of nitrogens with two attached hydrogens (primary N) is 1. The fourth-order valence-electron chi connectivity index (χ4n) is 1.90. The Morgan fingerprint density at radius 2 is 2.12 bits per heavy atom. The molecule has 1 aliphatic heterocycles. The Hall–Kier alpha value is -0.350. The van der Waals surface area contributed by atoms with Gasteiger partial charge in [0.05, 0.1) is 0 Å². The molecule has 92 valence electrons. The molecule has 16 heavy (non-hydrogen) atoms. The van der Waals surface area contributed by atoms with Gasteiger partial charge in [-0.25, -0.2) is 4.39 Å². The molecule has 0 saturated carbocycles. The largest absolute Gasteiger partial charge is 0.326 e. The van der Waals surface area contributed by atoms with E-state index in [9.17, 15) is 4.39 Å². The van der Waals surface area contributed by atoms with Crippen LogP contribution in [0.5, 0.6) is 0 Å². The maximum atomic E-state index is 12.9. The molecule has 1 atom stereocenters. The molecule has 0 bridgehead atoms. The van der Waals surface area contributed by atoms with Crippen LogP contribution in [0.4, 0.5) is 4.39 Å². The highest BCUT2D eigenvalue weighted by Gasteiger charge is 2.18. The van der Waals surface area contributed by atoms with E-state index in [1.807, 2.05) is 6.07 Å². The fourth-order valence-corrected chi connectivity index (χ4v) is 1.90. The third-order valence-electron chi connectivity index (χ3n) is 2.60. The van der Waals surface area contributed by atoms with Crippen LogP contribution < -0.4 is 5.73 Å². The molecule has 1 fully saturated rings. The molecule has 2 nitrogen and oxygen atoms in total. The summed E-state index contributed by atoms with van der Waals surface area (Å²) in [5, 5.41) is 0. The molecule has 1 aromatic carbocycles. The lowest BCUT2D eigenvalue weighted by molar-refractivity contribution is 0.326. The molecule has 1 aromatic rings. The third kappa shape index (κ3) is 4.26. The van der Waals surface area contributed by atoms with Crippen molar-refractivity contribution in [2.45, 2.75) is 19.0 Å². The maximum Gasteiger partial charge on any atom is 0.123 e. The number of rotatable bonds is 2. The van der Waals surface area contributed by atoms with Crippen molar-refractivity contribution >= 4 is 24.8 Å². The molecule has 0 spiro atoms. The first-order valence-electron chi connectivity index (χ1n) is 4.96. The predicted octanol–water partition coefficient (Wildman–Crippen LogP) is 2.20. The molecular weight excluding hydrogens is 250 g/mol. The summed E-state index contributed by atoms with van der Waals surface area (Å²) in [6.07, 6.45) is 1.05. The van der Waals surface area contributed by atoms with Crippen LogP contribution in [0, 0.1) is 5.82 Å². The van der Waals surface area contributed by atoms with E-state index in [-0.39, 0.29) is 30.6 Å². The monoisotopic (exact) mass is 266 g/mol. The van der Waals surface area contributed by atoms with Crippen molar-refractivity contribution in [3.05, 3.63) is 35.6 Å². The molecule has 2 N–H and O–H groups in total. The Kier molecular flexibility index (Phi) is 6.91. The molecular formula is C11H17Cl2FN2. The molecule has 5 heteroatoms. The van der Waals surface area contributed by atoms with Gasteiger partial charge in [0, 0.05) is 25.7 Å². The second kappa shape index (κ2) is 7.07. The number of likely N-dealkylation sites (tertiary alicyclic amines) is 1. The minimum atomic E-state index is -0.161. The molecule has 1 aliphatic rings. The average molecular weight is 267 g/mol. The first-order chi connectivity index (χ1) is 6.74. The van der Waals surface area contributed by atoms with Gasteiger partial charge < -0.3 is 5.73 Å². The number of hydrogen-bond donors (Lipinski definition) is 1. The zero-order valence-corrected chi connectivity index (χ0v) is 10.6. The number of nitrogens with zero attached hydrogens (tertiary/aromatic N) is 1. The van der Waals surface area contributed by atoms with Crippen molar-refractivity contribution in [3.63, 3.8) is 0 Å². The molecule has 1 saturated heterocycles. The summed E-state index contributed by atoms with van der Waals surface area (Å²) in [4.78, 5) is 2.26. The zero-order valence-electron chi connectivity index (χ0n) is 8.93. The SMILES string of the molecule is Cl.Cl.NC1CCN(Cc2cccc(F)c2)C1. The van der Waals surface area contributed by atoms with E-state index < -0.39 is 0 Å². The fraction of sp³-hybridized carbons (Fsp3) is 0.455. The first kappa shape index (κ1) is 15.7. The summed E-state index contributed by atoms with van der Waals surface area (Å²) in [5.41, 5.74) is 6.82. The maximum absolute atomic E-state index is 12.9. The van der Waals surface area contributed by atoms with Crippen LogP contribution in [0.2, 0.25) is 0 Å². The van der Waals surface area contributed by atoms with Crippen molar-refractivity contribution in [3.8, 4) is 0 Å². The Bertz CT molecular complexity index is 323. The average Bonchev–Trinajstić information content (AvgIpc) is 2.51. The molecule has 2 rings (SSSR count). The van der Waals surface area contributed by atoms with Crippen LogP contribution in [0.15, 0.2) is 24.3 Å². The van der Waals surface area contributed by atoms with Crippen molar-refractivity contribution in [2.24, 2.45) is 5.73 Å². The number of halogens is 3. The lowest BCUT2D eigenvalue weighted by Gasteiger charge is -2.14. The van der Waals surface area contributed by atoms with E-state index in [0.717, 1.165) is 31.6 Å². The van der Waals surface area contributed by atoms with Gasteiger partial charge in [0.2, 0.25) is 0 Å². The van der Waals surface area contributed by atoms with Gasteiger partial charge in [0.15, 0.2) is 0 Å². The van der Waals surface area contributed by atoms with Gasteiger partial charge >= 0.3 is 0 Å². The quantitative estimate of drug-likeness (QED) is 0.890. The second-order valence-corrected chi connectivity index (χ2v) is 3.91. The van der Waals surface area contributed by atoms with E-state index in [4.69, 9.17) is 5.73 Å². The summed E-state index contributed by atoms with van der Waals surface area (Å²) in [7, 11) is 0. The highest BCUT2D eigenvalue weighted by Crippen LogP contribution is 2.12. The third-order valence-corrected chi connectivity index (χ3v) is 2.60. The van der Waals surface area contributed by atoms with Gasteiger partial charge in [-0.05, 0) is 24.1 Å². The zero-order chi connectivity index (χ0) is 9.97. The van der Waals surface area contributed by atoms with Gasteiger partial charge in [0.25, 0.3) is 0 Å². The van der Waals surface area contributed by atoms with E-state index in [0.29, 0.717) is 6.04 Å². The molecule has 1 heterocycles. The van der Waals surface area contributed by atoms with E-state index in [1.54, 1.807) is 12.1 Å². The summed E-state index contributed by atoms with van der Waals surface area (Å²) in [5.74, 6) is -0.161. The molecule has 0 amide bonds. The van der Waals surface area contributed by atoms with Crippen molar-refractivity contribution in [2.75, 3.05) is 13.1 Å². The first-order valence-corrected chi connectivity index (χ1v) is 4.96. The van der Waals surface area contributed by atoms with Crippen molar-refractivity contribution < 1.29 is 4.39 Å². The predicted molar refractivity (Wildman–Crippen MR) is 68.8 cm³/mol.